The van der Waals surface area contributed by atoms with Gasteiger partial charge in [0.1, 0.15) is 18.2 Å². The molecule has 0 saturated carbocycles. The number of benzene rings is 1. The number of urea groups is 1. The summed E-state index contributed by atoms with van der Waals surface area (Å²) < 4.78 is 33.0. The standard InChI is InChI=1S/C21H24F2N4O2/c1-3-25(10-15-11-26(12-15)20-17(23)5-4-8-24-20)21(28)27-14(2)13-29-19-9-16(22)6-7-18(19)27/h4-9,14-15H,3,10-13H2,1-2H3. The van der Waals surface area contributed by atoms with Crippen LogP contribution in [0.5, 0.6) is 5.75 Å². The molecule has 29 heavy (non-hydrogen) atoms. The molecule has 0 radical (unpaired) electrons. The number of anilines is 2. The highest BCUT2D eigenvalue weighted by atomic mass is 19.1. The minimum Gasteiger partial charge on any atom is -0.489 e. The molecule has 1 saturated heterocycles. The van der Waals surface area contributed by atoms with Crippen molar-refractivity contribution >= 4 is 17.5 Å². The Bertz CT molecular complexity index is 904. The summed E-state index contributed by atoms with van der Waals surface area (Å²) in [7, 11) is 0. The normalized spacial score (nSPS) is 18.7. The van der Waals surface area contributed by atoms with Crippen LogP contribution < -0.4 is 14.5 Å². The summed E-state index contributed by atoms with van der Waals surface area (Å²) in [6, 6.07) is 6.92. The average molecular weight is 402 g/mol. The number of fused-ring (bicyclic) bond motifs is 1. The predicted octanol–water partition coefficient (Wildman–Crippen LogP) is 3.53. The maximum absolute atomic E-state index is 13.9. The summed E-state index contributed by atoms with van der Waals surface area (Å²) >= 11 is 0. The van der Waals surface area contributed by atoms with Crippen LogP contribution in [-0.2, 0) is 0 Å². The van der Waals surface area contributed by atoms with Crippen LogP contribution in [0, 0.1) is 17.6 Å². The van der Waals surface area contributed by atoms with E-state index in [2.05, 4.69) is 4.98 Å². The molecular formula is C21H24F2N4O2. The van der Waals surface area contributed by atoms with Gasteiger partial charge in [-0.3, -0.25) is 4.90 Å². The summed E-state index contributed by atoms with van der Waals surface area (Å²) in [5.41, 5.74) is 0.583. The second-order valence-corrected chi connectivity index (χ2v) is 7.54. The van der Waals surface area contributed by atoms with Crippen LogP contribution in [0.4, 0.5) is 25.1 Å². The summed E-state index contributed by atoms with van der Waals surface area (Å²) in [6.07, 6.45) is 1.58. The molecule has 1 atom stereocenters. The van der Waals surface area contributed by atoms with Gasteiger partial charge in [0.05, 0.1) is 11.7 Å². The van der Waals surface area contributed by atoms with Crippen molar-refractivity contribution < 1.29 is 18.3 Å². The van der Waals surface area contributed by atoms with Gasteiger partial charge in [-0.25, -0.2) is 18.6 Å². The molecule has 6 nitrogen and oxygen atoms in total. The summed E-state index contributed by atoms with van der Waals surface area (Å²) in [6.45, 7) is 6.58. The predicted molar refractivity (Wildman–Crippen MR) is 106 cm³/mol. The summed E-state index contributed by atoms with van der Waals surface area (Å²) in [4.78, 5) is 22.7. The molecule has 2 aliphatic rings. The lowest BCUT2D eigenvalue weighted by atomic mass is 9.99. The Labute approximate surface area is 168 Å². The Morgan fingerprint density at radius 2 is 2.10 bits per heavy atom. The van der Waals surface area contributed by atoms with Crippen LogP contribution in [0.3, 0.4) is 0 Å². The minimum atomic E-state index is -0.394. The molecule has 1 aromatic heterocycles. The molecule has 1 unspecified atom stereocenters. The van der Waals surface area contributed by atoms with E-state index in [0.717, 1.165) is 0 Å². The van der Waals surface area contributed by atoms with Gasteiger partial charge in [0.15, 0.2) is 11.6 Å². The SMILES string of the molecule is CCN(CC1CN(c2ncccc2F)C1)C(=O)N1c2ccc(F)cc2OCC1C. The highest BCUT2D eigenvalue weighted by Gasteiger charge is 2.36. The number of halogens is 2. The van der Waals surface area contributed by atoms with Gasteiger partial charge in [-0.1, -0.05) is 0 Å². The topological polar surface area (TPSA) is 48.9 Å². The molecule has 0 N–H and O–H groups in total. The van der Waals surface area contributed by atoms with E-state index < -0.39 is 5.82 Å². The van der Waals surface area contributed by atoms with Gasteiger partial charge in [-0.2, -0.15) is 0 Å². The van der Waals surface area contributed by atoms with E-state index in [0.29, 0.717) is 50.0 Å². The lowest BCUT2D eigenvalue weighted by Gasteiger charge is -2.44. The number of aromatic nitrogens is 1. The number of hydrogen-bond acceptors (Lipinski definition) is 4. The molecule has 1 fully saturated rings. The molecule has 8 heteroatoms. The van der Waals surface area contributed by atoms with Crippen molar-refractivity contribution in [3.8, 4) is 5.75 Å². The maximum Gasteiger partial charge on any atom is 0.324 e. The zero-order valence-corrected chi connectivity index (χ0v) is 16.5. The molecule has 1 aromatic carbocycles. The number of hydrogen-bond donors (Lipinski definition) is 0. The largest absolute Gasteiger partial charge is 0.489 e. The monoisotopic (exact) mass is 402 g/mol. The first-order valence-electron chi connectivity index (χ1n) is 9.84. The molecule has 3 heterocycles. The molecule has 2 amide bonds. The fraction of sp³-hybridized carbons (Fsp3) is 0.429. The Kier molecular flexibility index (Phi) is 5.25. The van der Waals surface area contributed by atoms with Crippen LogP contribution in [0.1, 0.15) is 13.8 Å². The van der Waals surface area contributed by atoms with Crippen molar-refractivity contribution in [1.82, 2.24) is 9.88 Å². The van der Waals surface area contributed by atoms with Crippen molar-refractivity contribution in [2.75, 3.05) is 42.6 Å². The first-order chi connectivity index (χ1) is 14.0. The molecule has 0 spiro atoms. The van der Waals surface area contributed by atoms with Gasteiger partial charge in [0.2, 0.25) is 0 Å². The van der Waals surface area contributed by atoms with E-state index in [1.54, 1.807) is 28.1 Å². The first kappa shape index (κ1) is 19.4. The van der Waals surface area contributed by atoms with Crippen molar-refractivity contribution in [3.63, 3.8) is 0 Å². The second kappa shape index (κ2) is 7.85. The Morgan fingerprint density at radius 1 is 1.31 bits per heavy atom. The number of ether oxygens (including phenoxy) is 1. The Hall–Kier alpha value is -2.90. The zero-order chi connectivity index (χ0) is 20.5. The number of carbonyl (C=O) groups is 1. The van der Waals surface area contributed by atoms with Crippen molar-refractivity contribution in [2.45, 2.75) is 19.9 Å². The molecule has 0 aliphatic carbocycles. The van der Waals surface area contributed by atoms with Crippen LogP contribution >= 0.6 is 0 Å². The lowest BCUT2D eigenvalue weighted by molar-refractivity contribution is 0.181. The van der Waals surface area contributed by atoms with Crippen LogP contribution in [0.2, 0.25) is 0 Å². The van der Waals surface area contributed by atoms with Gasteiger partial charge in [0.25, 0.3) is 0 Å². The summed E-state index contributed by atoms with van der Waals surface area (Å²) in [5.74, 6) is 0.253. The van der Waals surface area contributed by atoms with Crippen LogP contribution in [-0.4, -0.2) is 54.7 Å². The van der Waals surface area contributed by atoms with Crippen LogP contribution in [0.15, 0.2) is 36.5 Å². The third-order valence-electron chi connectivity index (χ3n) is 5.43. The van der Waals surface area contributed by atoms with Crippen molar-refractivity contribution in [1.29, 1.82) is 0 Å². The van der Waals surface area contributed by atoms with Gasteiger partial charge in [-0.05, 0) is 38.1 Å². The van der Waals surface area contributed by atoms with Gasteiger partial charge >= 0.3 is 6.03 Å². The lowest BCUT2D eigenvalue weighted by Crippen LogP contribution is -2.56. The third kappa shape index (κ3) is 3.71. The number of nitrogens with zero attached hydrogens (tertiary/aromatic N) is 4. The third-order valence-corrected chi connectivity index (χ3v) is 5.43. The highest BCUT2D eigenvalue weighted by Crippen LogP contribution is 2.35. The maximum atomic E-state index is 13.9. The van der Waals surface area contributed by atoms with Gasteiger partial charge < -0.3 is 14.5 Å². The minimum absolute atomic E-state index is 0.126. The van der Waals surface area contributed by atoms with Crippen LogP contribution in [0.25, 0.3) is 0 Å². The molecule has 0 bridgehead atoms. The fourth-order valence-electron chi connectivity index (χ4n) is 3.89. The van der Waals surface area contributed by atoms with E-state index in [4.69, 9.17) is 4.74 Å². The average Bonchev–Trinajstić information content (AvgIpc) is 2.68. The van der Waals surface area contributed by atoms with E-state index in [9.17, 15) is 13.6 Å². The van der Waals surface area contributed by atoms with Gasteiger partial charge in [-0.15, -0.1) is 0 Å². The number of amides is 2. The fourth-order valence-corrected chi connectivity index (χ4v) is 3.89. The highest BCUT2D eigenvalue weighted by molar-refractivity contribution is 5.94. The Morgan fingerprint density at radius 3 is 2.83 bits per heavy atom. The van der Waals surface area contributed by atoms with E-state index >= 15 is 0 Å². The molecular weight excluding hydrogens is 378 g/mol. The number of rotatable bonds is 4. The molecule has 2 aromatic rings. The molecule has 4 rings (SSSR count). The summed E-state index contributed by atoms with van der Waals surface area (Å²) in [5, 5.41) is 0. The van der Waals surface area contributed by atoms with Crippen molar-refractivity contribution in [3.05, 3.63) is 48.2 Å². The quantitative estimate of drug-likeness (QED) is 0.785. The van der Waals surface area contributed by atoms with Gasteiger partial charge in [0, 0.05) is 44.4 Å². The van der Waals surface area contributed by atoms with E-state index in [1.807, 2.05) is 18.7 Å². The van der Waals surface area contributed by atoms with E-state index in [-0.39, 0.29) is 23.8 Å². The number of carbonyl (C=O) groups excluding carboxylic acids is 1. The second-order valence-electron chi connectivity index (χ2n) is 7.54. The first-order valence-corrected chi connectivity index (χ1v) is 9.84. The Balaban J connectivity index is 1.44. The smallest absolute Gasteiger partial charge is 0.324 e. The molecule has 2 aliphatic heterocycles. The van der Waals surface area contributed by atoms with E-state index in [1.165, 1.54) is 18.2 Å². The molecule has 154 valence electrons. The zero-order valence-electron chi connectivity index (χ0n) is 16.5. The van der Waals surface area contributed by atoms with Crippen molar-refractivity contribution in [2.24, 2.45) is 5.92 Å². The number of pyridine rings is 1.